The molecule has 1 fully saturated rings. The maximum absolute atomic E-state index is 13.8. The van der Waals surface area contributed by atoms with Crippen molar-refractivity contribution in [2.24, 2.45) is 5.10 Å². The third kappa shape index (κ3) is 2.85. The van der Waals surface area contributed by atoms with Crippen LogP contribution >= 0.6 is 23.6 Å². The maximum Gasteiger partial charge on any atom is 0.273 e. The molecule has 1 amide bonds. The van der Waals surface area contributed by atoms with Gasteiger partial charge in [-0.3, -0.25) is 19.6 Å². The molecule has 10 heteroatoms. The molecule has 168 valence electrons. The molecule has 0 spiro atoms. The molecule has 1 aromatic heterocycles. The van der Waals surface area contributed by atoms with Crippen LogP contribution in [0.3, 0.4) is 0 Å². The summed E-state index contributed by atoms with van der Waals surface area (Å²) in [6.45, 7) is 8.21. The molecule has 2 atom stereocenters. The first-order chi connectivity index (χ1) is 15.5. The second kappa shape index (κ2) is 8.00. The molecule has 1 saturated heterocycles. The van der Waals surface area contributed by atoms with E-state index >= 15 is 0 Å². The van der Waals surface area contributed by atoms with Gasteiger partial charge in [-0.1, -0.05) is 42.9 Å². The predicted molar refractivity (Wildman–Crippen MR) is 129 cm³/mol. The molecule has 0 radical (unpaired) electrons. The van der Waals surface area contributed by atoms with E-state index in [1.807, 2.05) is 38.1 Å². The predicted octanol–water partition coefficient (Wildman–Crippen LogP) is 1.16. The van der Waals surface area contributed by atoms with Crippen LogP contribution < -0.4 is 25.2 Å². The van der Waals surface area contributed by atoms with E-state index in [1.54, 1.807) is 9.47 Å². The molecule has 8 nitrogen and oxygen atoms in total. The molecule has 5 rings (SSSR count). The van der Waals surface area contributed by atoms with Gasteiger partial charge in [0.05, 0.1) is 11.3 Å². The Labute approximate surface area is 195 Å². The summed E-state index contributed by atoms with van der Waals surface area (Å²) in [5.74, 6) is -0.107. The summed E-state index contributed by atoms with van der Waals surface area (Å²) < 4.78 is 2.16. The summed E-state index contributed by atoms with van der Waals surface area (Å²) in [5, 5.41) is 5.21. The van der Waals surface area contributed by atoms with Crippen LogP contribution in [0.25, 0.3) is 5.57 Å². The second-order valence-electron chi connectivity index (χ2n) is 8.05. The second-order valence-corrected chi connectivity index (χ2v) is 9.39. The van der Waals surface area contributed by atoms with Crippen molar-refractivity contribution in [3.63, 3.8) is 0 Å². The summed E-state index contributed by atoms with van der Waals surface area (Å²) >= 11 is 6.95. The number of fused-ring (bicyclic) bond motifs is 4. The quantitative estimate of drug-likeness (QED) is 0.662. The molecule has 32 heavy (non-hydrogen) atoms. The van der Waals surface area contributed by atoms with E-state index in [2.05, 4.69) is 27.3 Å². The molecule has 0 bridgehead atoms. The lowest BCUT2D eigenvalue weighted by atomic mass is 10.1. The van der Waals surface area contributed by atoms with E-state index in [9.17, 15) is 9.59 Å². The molecule has 0 aliphatic carbocycles. The van der Waals surface area contributed by atoms with Crippen LogP contribution in [0.2, 0.25) is 0 Å². The third-order valence-corrected chi connectivity index (χ3v) is 7.89. The first-order valence-corrected chi connectivity index (χ1v) is 12.3. The zero-order chi connectivity index (χ0) is 22.6. The molecule has 1 N–H and O–H groups in total. The van der Waals surface area contributed by atoms with Crippen LogP contribution in [-0.2, 0) is 4.79 Å². The van der Waals surface area contributed by atoms with Crippen molar-refractivity contribution in [3.8, 4) is 0 Å². The summed E-state index contributed by atoms with van der Waals surface area (Å²) in [6.07, 6.45) is 1.40. The number of hydrogen-bond donors (Lipinski definition) is 1. The van der Waals surface area contributed by atoms with Gasteiger partial charge in [0.1, 0.15) is 4.53 Å². The molecule has 1 aromatic carbocycles. The third-order valence-electron chi connectivity index (χ3n) is 6.37. The molecular formula is C22H26N6O2S2. The zero-order valence-corrected chi connectivity index (χ0v) is 20.0. The first kappa shape index (κ1) is 21.1. The highest BCUT2D eigenvalue weighted by molar-refractivity contribution is 7.80. The number of anilines is 1. The van der Waals surface area contributed by atoms with Gasteiger partial charge in [0.15, 0.2) is 17.4 Å². The number of nitrogens with zero attached hydrogens (tertiary/aromatic N) is 5. The van der Waals surface area contributed by atoms with Crippen LogP contribution in [0, 0.1) is 0 Å². The van der Waals surface area contributed by atoms with Gasteiger partial charge in [-0.15, -0.1) is 5.10 Å². The van der Waals surface area contributed by atoms with E-state index < -0.39 is 0 Å². The van der Waals surface area contributed by atoms with Crippen molar-refractivity contribution in [1.82, 2.24) is 19.8 Å². The van der Waals surface area contributed by atoms with Gasteiger partial charge in [-0.2, -0.15) is 0 Å². The molecule has 3 aliphatic heterocycles. The first-order valence-electron chi connectivity index (χ1n) is 11.1. The molecule has 2 unspecified atom stereocenters. The Bertz CT molecular complexity index is 1280. The maximum atomic E-state index is 13.8. The molecule has 2 aromatic rings. The average Bonchev–Trinajstić information content (AvgIpc) is 3.37. The van der Waals surface area contributed by atoms with Crippen LogP contribution in [0.4, 0.5) is 5.69 Å². The summed E-state index contributed by atoms with van der Waals surface area (Å²) in [4.78, 5) is 33.8. The number of carbonyl (C=O) groups excluding carboxylic acids is 1. The highest BCUT2D eigenvalue weighted by atomic mass is 32.1. The van der Waals surface area contributed by atoms with Gasteiger partial charge in [0.2, 0.25) is 4.80 Å². The number of carbonyl (C=O) groups is 1. The van der Waals surface area contributed by atoms with Crippen molar-refractivity contribution in [1.29, 1.82) is 0 Å². The lowest BCUT2D eigenvalue weighted by Crippen LogP contribution is -2.53. The number of para-hydroxylation sites is 1. The minimum absolute atomic E-state index is 0.107. The SMILES string of the molecule is CCCCN1C(=O)/C(=c2\sc3n(c2=O)C2C(NN=3)N(CC)C(=S)N2CC)c2ccccc21. The number of thiazole rings is 1. The average molecular weight is 471 g/mol. The fourth-order valence-corrected chi connectivity index (χ4v) is 6.34. The Morgan fingerprint density at radius 1 is 1.12 bits per heavy atom. The zero-order valence-electron chi connectivity index (χ0n) is 18.4. The van der Waals surface area contributed by atoms with Gasteiger partial charge >= 0.3 is 0 Å². The standard InChI is InChI=1S/C22H26N6O2S2/c1-4-7-12-27-14-11-9-8-10-13(14)15(19(27)29)16-20(30)28-18-17(23-24-21(28)32-16)25(5-2)22(31)26(18)6-3/h8-11,17-18,23H,4-7,12H2,1-3H3/b16-15-. The number of amides is 1. The fraction of sp³-hybridized carbons (Fsp3) is 0.455. The Kier molecular flexibility index (Phi) is 5.29. The number of benzene rings is 1. The minimum Gasteiger partial charge on any atom is -0.325 e. The molecule has 3 aliphatic rings. The van der Waals surface area contributed by atoms with E-state index in [0.717, 1.165) is 30.6 Å². The number of likely N-dealkylation sites (N-methyl/N-ethyl adjacent to an activating group) is 2. The summed E-state index contributed by atoms with van der Waals surface area (Å²) in [5.41, 5.74) is 5.19. The van der Waals surface area contributed by atoms with Gasteiger partial charge in [0.25, 0.3) is 11.5 Å². The van der Waals surface area contributed by atoms with Gasteiger partial charge < -0.3 is 14.7 Å². The minimum atomic E-state index is -0.291. The number of unbranched alkanes of at least 4 members (excludes halogenated alkanes) is 1. The smallest absolute Gasteiger partial charge is 0.273 e. The van der Waals surface area contributed by atoms with Crippen LogP contribution in [0.5, 0.6) is 0 Å². The van der Waals surface area contributed by atoms with Gasteiger partial charge in [0, 0.05) is 25.2 Å². The lowest BCUT2D eigenvalue weighted by Gasteiger charge is -2.30. The molecular weight excluding hydrogens is 444 g/mol. The van der Waals surface area contributed by atoms with E-state index in [0.29, 0.717) is 33.1 Å². The van der Waals surface area contributed by atoms with Crippen molar-refractivity contribution in [3.05, 3.63) is 49.5 Å². The van der Waals surface area contributed by atoms with Crippen molar-refractivity contribution >= 4 is 45.8 Å². The molecule has 0 saturated carbocycles. The number of aromatic nitrogens is 1. The Morgan fingerprint density at radius 3 is 2.59 bits per heavy atom. The van der Waals surface area contributed by atoms with E-state index in [4.69, 9.17) is 12.2 Å². The largest absolute Gasteiger partial charge is 0.325 e. The monoisotopic (exact) mass is 470 g/mol. The number of thiocarbonyl (C=S) groups is 1. The topological polar surface area (TPSA) is 73.2 Å². The Hall–Kier alpha value is -2.72. The lowest BCUT2D eigenvalue weighted by molar-refractivity contribution is -0.113. The van der Waals surface area contributed by atoms with Gasteiger partial charge in [-0.05, 0) is 38.6 Å². The van der Waals surface area contributed by atoms with Crippen molar-refractivity contribution < 1.29 is 4.79 Å². The van der Waals surface area contributed by atoms with Crippen LogP contribution in [0.1, 0.15) is 45.3 Å². The van der Waals surface area contributed by atoms with Gasteiger partial charge in [-0.25, -0.2) is 0 Å². The summed E-state index contributed by atoms with van der Waals surface area (Å²) in [6, 6.07) is 7.73. The highest BCUT2D eigenvalue weighted by Crippen LogP contribution is 2.35. The van der Waals surface area contributed by atoms with E-state index in [1.165, 1.54) is 11.3 Å². The fourth-order valence-electron chi connectivity index (χ4n) is 4.81. The Balaban J connectivity index is 1.72. The van der Waals surface area contributed by atoms with E-state index in [-0.39, 0.29) is 23.8 Å². The number of rotatable bonds is 5. The van der Waals surface area contributed by atoms with Crippen LogP contribution in [0.15, 0.2) is 34.2 Å². The molecule has 4 heterocycles. The normalized spacial score (nSPS) is 23.2. The highest BCUT2D eigenvalue weighted by Gasteiger charge is 2.46. The number of nitrogens with one attached hydrogen (secondary N) is 1. The number of hydrogen-bond acceptors (Lipinski definition) is 6. The van der Waals surface area contributed by atoms with Crippen molar-refractivity contribution in [2.45, 2.75) is 45.9 Å². The van der Waals surface area contributed by atoms with Crippen molar-refractivity contribution in [2.75, 3.05) is 24.5 Å². The summed E-state index contributed by atoms with van der Waals surface area (Å²) in [7, 11) is 0. The Morgan fingerprint density at radius 2 is 1.88 bits per heavy atom. The van der Waals surface area contributed by atoms with Crippen LogP contribution in [-0.4, -0.2) is 51.2 Å².